The van der Waals surface area contributed by atoms with E-state index in [0.29, 0.717) is 17.9 Å². The Labute approximate surface area is 112 Å². The SMILES string of the molecule is COCC(NC(=O)c1cc(Cl)ncc1N)C(C)C. The molecule has 6 heteroatoms. The van der Waals surface area contributed by atoms with Crippen LogP contribution >= 0.6 is 11.6 Å². The number of rotatable bonds is 5. The first-order valence-corrected chi connectivity index (χ1v) is 6.04. The Hall–Kier alpha value is -1.33. The zero-order valence-electron chi connectivity index (χ0n) is 10.7. The van der Waals surface area contributed by atoms with Gasteiger partial charge in [0.15, 0.2) is 0 Å². The summed E-state index contributed by atoms with van der Waals surface area (Å²) in [7, 11) is 1.60. The summed E-state index contributed by atoms with van der Waals surface area (Å²) >= 11 is 5.75. The van der Waals surface area contributed by atoms with Gasteiger partial charge in [-0.1, -0.05) is 25.4 Å². The van der Waals surface area contributed by atoms with Crippen LogP contribution in [0.1, 0.15) is 24.2 Å². The predicted molar refractivity (Wildman–Crippen MR) is 71.6 cm³/mol. The van der Waals surface area contributed by atoms with Crippen LogP contribution in [0, 0.1) is 5.92 Å². The standard InChI is InChI=1S/C12H18ClN3O2/c1-7(2)10(6-18-3)16-12(17)8-4-11(13)15-5-9(8)14/h4-5,7,10H,6,14H2,1-3H3,(H,16,17). The van der Waals surface area contributed by atoms with Crippen LogP contribution in [-0.2, 0) is 4.74 Å². The average molecular weight is 272 g/mol. The zero-order chi connectivity index (χ0) is 13.7. The predicted octanol–water partition coefficient (Wildman–Crippen LogP) is 1.72. The van der Waals surface area contributed by atoms with E-state index >= 15 is 0 Å². The van der Waals surface area contributed by atoms with Crippen molar-refractivity contribution in [3.8, 4) is 0 Å². The first-order chi connectivity index (χ1) is 8.45. The molecule has 3 N–H and O–H groups in total. The molecule has 0 aliphatic heterocycles. The summed E-state index contributed by atoms with van der Waals surface area (Å²) in [6.45, 7) is 4.46. The highest BCUT2D eigenvalue weighted by Gasteiger charge is 2.18. The normalized spacial score (nSPS) is 12.5. The second-order valence-electron chi connectivity index (χ2n) is 4.37. The number of hydrogen-bond acceptors (Lipinski definition) is 4. The Bertz CT molecular complexity index is 424. The minimum Gasteiger partial charge on any atom is -0.397 e. The number of nitrogens with zero attached hydrogens (tertiary/aromatic N) is 1. The lowest BCUT2D eigenvalue weighted by atomic mass is 10.0. The third-order valence-corrected chi connectivity index (χ3v) is 2.82. The van der Waals surface area contributed by atoms with Crippen molar-refractivity contribution in [3.63, 3.8) is 0 Å². The average Bonchev–Trinajstić information content (AvgIpc) is 2.31. The molecule has 5 nitrogen and oxygen atoms in total. The fourth-order valence-corrected chi connectivity index (χ4v) is 1.62. The van der Waals surface area contributed by atoms with Crippen LogP contribution in [0.3, 0.4) is 0 Å². The van der Waals surface area contributed by atoms with Gasteiger partial charge in [0.2, 0.25) is 0 Å². The number of halogens is 1. The molecule has 0 spiro atoms. The lowest BCUT2D eigenvalue weighted by molar-refractivity contribution is 0.0867. The van der Waals surface area contributed by atoms with Gasteiger partial charge in [-0.15, -0.1) is 0 Å². The number of hydrogen-bond donors (Lipinski definition) is 2. The molecule has 0 bridgehead atoms. The molecule has 1 aromatic rings. The minimum absolute atomic E-state index is 0.0751. The number of nitrogens with two attached hydrogens (primary N) is 1. The van der Waals surface area contributed by atoms with Crippen molar-refractivity contribution in [2.24, 2.45) is 5.92 Å². The summed E-state index contributed by atoms with van der Waals surface area (Å²) in [6, 6.07) is 1.38. The quantitative estimate of drug-likeness (QED) is 0.800. The molecule has 0 aliphatic carbocycles. The van der Waals surface area contributed by atoms with Gasteiger partial charge < -0.3 is 15.8 Å². The Balaban J connectivity index is 2.83. The van der Waals surface area contributed by atoms with Crippen LogP contribution in [0.15, 0.2) is 12.3 Å². The highest BCUT2D eigenvalue weighted by atomic mass is 35.5. The molecule has 1 aromatic heterocycles. The Morgan fingerprint density at radius 1 is 1.61 bits per heavy atom. The fourth-order valence-electron chi connectivity index (χ4n) is 1.46. The Kier molecular flexibility index (Phi) is 5.37. The van der Waals surface area contributed by atoms with Crippen molar-refractivity contribution in [3.05, 3.63) is 23.0 Å². The molecule has 1 amide bonds. The number of amides is 1. The van der Waals surface area contributed by atoms with Crippen molar-refractivity contribution in [1.82, 2.24) is 10.3 Å². The molecule has 18 heavy (non-hydrogen) atoms. The number of nitrogen functional groups attached to an aromatic ring is 1. The summed E-state index contributed by atoms with van der Waals surface area (Å²) in [5.74, 6) is -0.0139. The first kappa shape index (κ1) is 14.7. The van der Waals surface area contributed by atoms with Gasteiger partial charge in [-0.2, -0.15) is 0 Å². The number of carbonyl (C=O) groups excluding carboxylic acids is 1. The number of ether oxygens (including phenoxy) is 1. The van der Waals surface area contributed by atoms with Crippen LogP contribution in [0.5, 0.6) is 0 Å². The van der Waals surface area contributed by atoms with Gasteiger partial charge in [-0.3, -0.25) is 4.79 Å². The van der Waals surface area contributed by atoms with Crippen molar-refractivity contribution in [2.75, 3.05) is 19.5 Å². The van der Waals surface area contributed by atoms with E-state index in [0.717, 1.165) is 0 Å². The largest absolute Gasteiger partial charge is 0.397 e. The molecule has 0 radical (unpaired) electrons. The van der Waals surface area contributed by atoms with E-state index in [1.807, 2.05) is 13.8 Å². The van der Waals surface area contributed by atoms with E-state index in [1.54, 1.807) is 7.11 Å². The lowest BCUT2D eigenvalue weighted by Crippen LogP contribution is -2.41. The van der Waals surface area contributed by atoms with Gasteiger partial charge >= 0.3 is 0 Å². The second kappa shape index (κ2) is 6.56. The van der Waals surface area contributed by atoms with Crippen molar-refractivity contribution >= 4 is 23.2 Å². The fraction of sp³-hybridized carbons (Fsp3) is 0.500. The molecule has 1 rings (SSSR count). The molecular formula is C12H18ClN3O2. The monoisotopic (exact) mass is 271 g/mol. The van der Waals surface area contributed by atoms with E-state index < -0.39 is 0 Å². The van der Waals surface area contributed by atoms with E-state index in [2.05, 4.69) is 10.3 Å². The van der Waals surface area contributed by atoms with Gasteiger partial charge in [0.25, 0.3) is 5.91 Å². The van der Waals surface area contributed by atoms with E-state index in [9.17, 15) is 4.79 Å². The van der Waals surface area contributed by atoms with Crippen LogP contribution in [0.25, 0.3) is 0 Å². The van der Waals surface area contributed by atoms with Crippen LogP contribution in [0.2, 0.25) is 5.15 Å². The molecular weight excluding hydrogens is 254 g/mol. The maximum absolute atomic E-state index is 12.1. The lowest BCUT2D eigenvalue weighted by Gasteiger charge is -2.21. The topological polar surface area (TPSA) is 77.2 Å². The maximum Gasteiger partial charge on any atom is 0.253 e. The van der Waals surface area contributed by atoms with E-state index in [-0.39, 0.29) is 23.0 Å². The third-order valence-electron chi connectivity index (χ3n) is 2.61. The summed E-state index contributed by atoms with van der Waals surface area (Å²) in [6.07, 6.45) is 1.37. The molecule has 0 fully saturated rings. The molecule has 0 saturated heterocycles. The number of carbonyl (C=O) groups is 1. The van der Waals surface area contributed by atoms with Gasteiger partial charge in [-0.25, -0.2) is 4.98 Å². The smallest absolute Gasteiger partial charge is 0.253 e. The summed E-state index contributed by atoms with van der Waals surface area (Å²) < 4.78 is 5.07. The van der Waals surface area contributed by atoms with Gasteiger partial charge in [0.05, 0.1) is 30.1 Å². The van der Waals surface area contributed by atoms with Crippen LogP contribution in [0.4, 0.5) is 5.69 Å². The van der Waals surface area contributed by atoms with E-state index in [1.165, 1.54) is 12.3 Å². The van der Waals surface area contributed by atoms with Crippen LogP contribution < -0.4 is 11.1 Å². The number of aromatic nitrogens is 1. The molecule has 1 unspecified atom stereocenters. The van der Waals surface area contributed by atoms with Crippen LogP contribution in [-0.4, -0.2) is 30.6 Å². The van der Waals surface area contributed by atoms with E-state index in [4.69, 9.17) is 22.1 Å². The number of pyridine rings is 1. The van der Waals surface area contributed by atoms with Crippen molar-refractivity contribution in [2.45, 2.75) is 19.9 Å². The number of methoxy groups -OCH3 is 1. The van der Waals surface area contributed by atoms with Crippen molar-refractivity contribution in [1.29, 1.82) is 0 Å². The van der Waals surface area contributed by atoms with Gasteiger partial charge in [0.1, 0.15) is 5.15 Å². The van der Waals surface area contributed by atoms with Gasteiger partial charge in [0, 0.05) is 7.11 Å². The molecule has 1 heterocycles. The van der Waals surface area contributed by atoms with Crippen molar-refractivity contribution < 1.29 is 9.53 Å². The first-order valence-electron chi connectivity index (χ1n) is 5.66. The summed E-state index contributed by atoms with van der Waals surface area (Å²) in [4.78, 5) is 15.9. The number of nitrogens with one attached hydrogen (secondary N) is 1. The summed E-state index contributed by atoms with van der Waals surface area (Å²) in [5.41, 5.74) is 6.34. The second-order valence-corrected chi connectivity index (χ2v) is 4.76. The minimum atomic E-state index is -0.271. The zero-order valence-corrected chi connectivity index (χ0v) is 11.5. The summed E-state index contributed by atoms with van der Waals surface area (Å²) in [5, 5.41) is 3.11. The molecule has 0 aliphatic rings. The third kappa shape index (κ3) is 3.85. The molecule has 0 saturated carbocycles. The number of anilines is 1. The Morgan fingerprint density at radius 2 is 2.28 bits per heavy atom. The molecule has 1 atom stereocenters. The highest BCUT2D eigenvalue weighted by Crippen LogP contribution is 2.15. The maximum atomic E-state index is 12.1. The molecule has 0 aromatic carbocycles. The van der Waals surface area contributed by atoms with Gasteiger partial charge in [-0.05, 0) is 12.0 Å². The highest BCUT2D eigenvalue weighted by molar-refractivity contribution is 6.29. The molecule has 100 valence electrons. The Morgan fingerprint density at radius 3 is 2.83 bits per heavy atom.